The third-order valence-electron chi connectivity index (χ3n) is 1.82. The zero-order chi connectivity index (χ0) is 11.4. The first-order valence-electron chi connectivity index (χ1n) is 4.48. The molecule has 0 amide bonds. The Morgan fingerprint density at radius 1 is 1.19 bits per heavy atom. The molecule has 82 valence electrons. The average molecular weight is 254 g/mol. The van der Waals surface area contributed by atoms with Gasteiger partial charge in [-0.1, -0.05) is 28.5 Å². The van der Waals surface area contributed by atoms with Gasteiger partial charge in [0.1, 0.15) is 12.0 Å². The quantitative estimate of drug-likeness (QED) is 0.513. The number of furan rings is 1. The molecule has 0 fully saturated rings. The molecule has 0 spiro atoms. The Morgan fingerprint density at radius 3 is 2.62 bits per heavy atom. The molecule has 0 aliphatic carbocycles. The number of hydrogen-bond acceptors (Lipinski definition) is 4. The first-order chi connectivity index (χ1) is 7.78. The second-order valence-electron chi connectivity index (χ2n) is 2.96. The molecular formula is C11H8ClNO2S. The van der Waals surface area contributed by atoms with E-state index in [-0.39, 0.29) is 0 Å². The molecule has 0 bridgehead atoms. The summed E-state index contributed by atoms with van der Waals surface area (Å²) in [5, 5.41) is 12.7. The van der Waals surface area contributed by atoms with E-state index in [1.165, 1.54) is 18.0 Å². The SMILES string of the molecule is O/N=C\c1ccc(Sc2ccc(Cl)cc2)o1. The van der Waals surface area contributed by atoms with Crippen LogP contribution in [-0.4, -0.2) is 11.4 Å². The minimum atomic E-state index is 0.513. The number of nitrogens with zero attached hydrogens (tertiary/aromatic N) is 1. The second-order valence-corrected chi connectivity index (χ2v) is 4.47. The first kappa shape index (κ1) is 11.1. The van der Waals surface area contributed by atoms with Crippen molar-refractivity contribution in [2.24, 2.45) is 5.16 Å². The van der Waals surface area contributed by atoms with Crippen LogP contribution in [-0.2, 0) is 0 Å². The van der Waals surface area contributed by atoms with E-state index in [2.05, 4.69) is 5.16 Å². The van der Waals surface area contributed by atoms with Gasteiger partial charge in [0.2, 0.25) is 0 Å². The summed E-state index contributed by atoms with van der Waals surface area (Å²) in [6, 6.07) is 11.0. The van der Waals surface area contributed by atoms with Gasteiger partial charge in [-0.2, -0.15) is 0 Å². The molecule has 0 aliphatic rings. The summed E-state index contributed by atoms with van der Waals surface area (Å²) in [6.07, 6.45) is 1.24. The van der Waals surface area contributed by atoms with Gasteiger partial charge in [0, 0.05) is 9.92 Å². The van der Waals surface area contributed by atoms with Crippen LogP contribution in [0.15, 0.2) is 56.0 Å². The van der Waals surface area contributed by atoms with E-state index in [1.54, 1.807) is 6.07 Å². The number of benzene rings is 1. The molecule has 2 aromatic rings. The molecule has 0 atom stereocenters. The molecule has 16 heavy (non-hydrogen) atoms. The minimum Gasteiger partial charge on any atom is -0.448 e. The van der Waals surface area contributed by atoms with Crippen molar-refractivity contribution in [2.45, 2.75) is 9.99 Å². The van der Waals surface area contributed by atoms with Gasteiger partial charge in [-0.25, -0.2) is 0 Å². The lowest BCUT2D eigenvalue weighted by Gasteiger charge is -1.97. The minimum absolute atomic E-state index is 0.513. The number of rotatable bonds is 3. The maximum atomic E-state index is 8.34. The summed E-state index contributed by atoms with van der Waals surface area (Å²) >= 11 is 7.26. The van der Waals surface area contributed by atoms with Gasteiger partial charge in [-0.05, 0) is 36.4 Å². The van der Waals surface area contributed by atoms with E-state index in [0.717, 1.165) is 9.99 Å². The standard InChI is InChI=1S/C11H8ClNO2S/c12-8-1-4-10(5-2-8)16-11-6-3-9(15-11)7-13-14/h1-7,14H/b13-7-. The molecule has 0 unspecified atom stereocenters. The highest BCUT2D eigenvalue weighted by Crippen LogP contribution is 2.29. The highest BCUT2D eigenvalue weighted by molar-refractivity contribution is 7.99. The van der Waals surface area contributed by atoms with E-state index in [4.69, 9.17) is 21.2 Å². The predicted octanol–water partition coefficient (Wildman–Crippen LogP) is 3.89. The highest BCUT2D eigenvalue weighted by atomic mass is 35.5. The van der Waals surface area contributed by atoms with Crippen LogP contribution in [0.5, 0.6) is 0 Å². The largest absolute Gasteiger partial charge is 0.448 e. The van der Waals surface area contributed by atoms with Crippen LogP contribution in [0.2, 0.25) is 5.02 Å². The lowest BCUT2D eigenvalue weighted by molar-refractivity contribution is 0.320. The summed E-state index contributed by atoms with van der Waals surface area (Å²) < 4.78 is 5.38. The van der Waals surface area contributed by atoms with Crippen LogP contribution < -0.4 is 0 Å². The van der Waals surface area contributed by atoms with Crippen LogP contribution in [0.3, 0.4) is 0 Å². The maximum Gasteiger partial charge on any atom is 0.165 e. The molecule has 1 aromatic carbocycles. The summed E-state index contributed by atoms with van der Waals surface area (Å²) in [4.78, 5) is 1.03. The Hall–Kier alpha value is -1.39. The van der Waals surface area contributed by atoms with Crippen LogP contribution in [0.1, 0.15) is 5.76 Å². The average Bonchev–Trinajstić information content (AvgIpc) is 2.70. The van der Waals surface area contributed by atoms with Crippen molar-refractivity contribution in [2.75, 3.05) is 0 Å². The fraction of sp³-hybridized carbons (Fsp3) is 0. The van der Waals surface area contributed by atoms with Crippen molar-refractivity contribution in [3.63, 3.8) is 0 Å². The van der Waals surface area contributed by atoms with Gasteiger partial charge in [-0.3, -0.25) is 0 Å². The molecule has 0 saturated heterocycles. The topological polar surface area (TPSA) is 45.7 Å². The number of hydrogen-bond donors (Lipinski definition) is 1. The summed E-state index contributed by atoms with van der Waals surface area (Å²) in [6.45, 7) is 0. The maximum absolute atomic E-state index is 8.34. The molecule has 1 heterocycles. The van der Waals surface area contributed by atoms with Gasteiger partial charge in [-0.15, -0.1) is 0 Å². The van der Waals surface area contributed by atoms with Gasteiger partial charge in [0.05, 0.1) is 0 Å². The molecular weight excluding hydrogens is 246 g/mol. The van der Waals surface area contributed by atoms with E-state index >= 15 is 0 Å². The Labute approximate surface area is 102 Å². The van der Waals surface area contributed by atoms with Crippen LogP contribution in [0.4, 0.5) is 0 Å². The number of halogens is 1. The lowest BCUT2D eigenvalue weighted by Crippen LogP contribution is -1.72. The lowest BCUT2D eigenvalue weighted by atomic mass is 10.4. The van der Waals surface area contributed by atoms with Gasteiger partial charge < -0.3 is 9.62 Å². The Bertz CT molecular complexity index is 493. The first-order valence-corrected chi connectivity index (χ1v) is 5.68. The molecule has 1 N–H and O–H groups in total. The van der Waals surface area contributed by atoms with Crippen molar-refractivity contribution in [1.29, 1.82) is 0 Å². The fourth-order valence-electron chi connectivity index (χ4n) is 1.13. The normalized spacial score (nSPS) is 11.1. The van der Waals surface area contributed by atoms with Crippen LogP contribution >= 0.6 is 23.4 Å². The van der Waals surface area contributed by atoms with E-state index in [0.29, 0.717) is 10.8 Å². The number of oxime groups is 1. The van der Waals surface area contributed by atoms with E-state index < -0.39 is 0 Å². The third kappa shape index (κ3) is 2.81. The van der Waals surface area contributed by atoms with Crippen molar-refractivity contribution >= 4 is 29.6 Å². The Kier molecular flexibility index (Phi) is 3.54. The van der Waals surface area contributed by atoms with Crippen molar-refractivity contribution < 1.29 is 9.62 Å². The zero-order valence-corrected chi connectivity index (χ0v) is 9.70. The van der Waals surface area contributed by atoms with Crippen molar-refractivity contribution in [3.8, 4) is 0 Å². The molecule has 2 rings (SSSR count). The highest BCUT2D eigenvalue weighted by Gasteiger charge is 2.02. The monoisotopic (exact) mass is 253 g/mol. The summed E-state index contributed by atoms with van der Waals surface area (Å²) in [7, 11) is 0. The van der Waals surface area contributed by atoms with Gasteiger partial charge in [0.15, 0.2) is 5.09 Å². The summed E-state index contributed by atoms with van der Waals surface area (Å²) in [5.41, 5.74) is 0. The van der Waals surface area contributed by atoms with E-state index in [9.17, 15) is 0 Å². The van der Waals surface area contributed by atoms with E-state index in [1.807, 2.05) is 30.3 Å². The molecule has 0 radical (unpaired) electrons. The zero-order valence-electron chi connectivity index (χ0n) is 8.13. The fourth-order valence-corrected chi connectivity index (χ4v) is 2.04. The van der Waals surface area contributed by atoms with Gasteiger partial charge >= 0.3 is 0 Å². The summed E-state index contributed by atoms with van der Waals surface area (Å²) in [5.74, 6) is 0.513. The predicted molar refractivity (Wildman–Crippen MR) is 63.7 cm³/mol. The molecule has 0 aliphatic heterocycles. The van der Waals surface area contributed by atoms with Gasteiger partial charge in [0.25, 0.3) is 0 Å². The molecule has 5 heteroatoms. The van der Waals surface area contributed by atoms with Crippen LogP contribution in [0, 0.1) is 0 Å². The molecule has 0 saturated carbocycles. The Balaban J connectivity index is 2.11. The second kappa shape index (κ2) is 5.09. The Morgan fingerprint density at radius 2 is 1.94 bits per heavy atom. The third-order valence-corrected chi connectivity index (χ3v) is 3.00. The molecule has 1 aromatic heterocycles. The van der Waals surface area contributed by atoms with Crippen molar-refractivity contribution in [3.05, 3.63) is 47.2 Å². The molecule has 3 nitrogen and oxygen atoms in total. The van der Waals surface area contributed by atoms with Crippen LogP contribution in [0.25, 0.3) is 0 Å². The smallest absolute Gasteiger partial charge is 0.165 e. The van der Waals surface area contributed by atoms with Crippen molar-refractivity contribution in [1.82, 2.24) is 0 Å².